The number of ether oxygens (including phenoxy) is 1. The van der Waals surface area contributed by atoms with E-state index in [4.69, 9.17) is 15.0 Å². The maximum atomic E-state index is 12.2. The van der Waals surface area contributed by atoms with Gasteiger partial charge < -0.3 is 20.3 Å². The third-order valence-electron chi connectivity index (χ3n) is 5.43. The van der Waals surface area contributed by atoms with Crippen molar-refractivity contribution >= 4 is 5.91 Å². The molecule has 0 fully saturated rings. The molecule has 0 saturated carbocycles. The van der Waals surface area contributed by atoms with E-state index < -0.39 is 0 Å². The number of rotatable bonds is 7. The summed E-state index contributed by atoms with van der Waals surface area (Å²) < 4.78 is 10.5. The molecule has 4 rings (SSSR count). The molecule has 1 aliphatic rings. The highest BCUT2D eigenvalue weighted by Crippen LogP contribution is 2.31. The first-order valence-corrected chi connectivity index (χ1v) is 10.2. The summed E-state index contributed by atoms with van der Waals surface area (Å²) in [6, 6.07) is 14.0. The highest BCUT2D eigenvalue weighted by Gasteiger charge is 2.19. The van der Waals surface area contributed by atoms with Crippen LogP contribution in [0.25, 0.3) is 11.5 Å². The van der Waals surface area contributed by atoms with Gasteiger partial charge in [0.05, 0.1) is 13.5 Å². The van der Waals surface area contributed by atoms with Gasteiger partial charge in [-0.3, -0.25) is 4.79 Å². The van der Waals surface area contributed by atoms with Crippen molar-refractivity contribution in [3.63, 3.8) is 0 Å². The zero-order valence-corrected chi connectivity index (χ0v) is 17.1. The summed E-state index contributed by atoms with van der Waals surface area (Å²) in [5, 5.41) is 6.86. The van der Waals surface area contributed by atoms with Crippen molar-refractivity contribution in [3.8, 4) is 17.2 Å². The number of fused-ring (bicyclic) bond motifs is 1. The van der Waals surface area contributed by atoms with E-state index in [1.807, 2.05) is 36.4 Å². The minimum absolute atomic E-state index is 0.0852. The number of aromatic nitrogens is 2. The number of benzene rings is 2. The van der Waals surface area contributed by atoms with E-state index in [-0.39, 0.29) is 18.4 Å². The number of carbonyl (C=O) groups excluding carboxylic acids is 1. The number of nitrogens with zero attached hydrogens (tertiary/aromatic N) is 2. The van der Waals surface area contributed by atoms with Crippen LogP contribution in [0.2, 0.25) is 0 Å². The highest BCUT2D eigenvalue weighted by atomic mass is 16.5. The Morgan fingerprint density at radius 1 is 1.27 bits per heavy atom. The molecule has 7 nitrogen and oxygen atoms in total. The standard InChI is InChI=1S/C23H26N4O3/c1-29-18-8-5-15(6-9-18)11-12-25-22(28)14-21-26-23(30-27-21)17-7-10-19-16(13-17)3-2-4-20(19)24/h5-10,13,20H,2-4,11-12,14,24H2,1H3,(H,25,28). The van der Waals surface area contributed by atoms with Gasteiger partial charge in [-0.1, -0.05) is 23.4 Å². The van der Waals surface area contributed by atoms with Crippen LogP contribution >= 0.6 is 0 Å². The first-order valence-electron chi connectivity index (χ1n) is 10.2. The van der Waals surface area contributed by atoms with Gasteiger partial charge in [0.25, 0.3) is 5.89 Å². The van der Waals surface area contributed by atoms with Crippen LogP contribution in [0.1, 0.15) is 41.4 Å². The number of nitrogens with two attached hydrogens (primary N) is 1. The summed E-state index contributed by atoms with van der Waals surface area (Å²) in [5.41, 5.74) is 10.6. The fourth-order valence-corrected chi connectivity index (χ4v) is 3.77. The van der Waals surface area contributed by atoms with Crippen LogP contribution in [0.4, 0.5) is 0 Å². The average Bonchev–Trinajstić information content (AvgIpc) is 3.22. The van der Waals surface area contributed by atoms with Gasteiger partial charge in [-0.05, 0) is 66.6 Å². The molecule has 1 unspecified atom stereocenters. The molecule has 0 spiro atoms. The van der Waals surface area contributed by atoms with Gasteiger partial charge in [-0.2, -0.15) is 4.98 Å². The number of methoxy groups -OCH3 is 1. The predicted octanol–water partition coefficient (Wildman–Crippen LogP) is 2.98. The Bertz CT molecular complexity index is 1010. The SMILES string of the molecule is COc1ccc(CCNC(=O)Cc2noc(-c3ccc4c(c3)CCCC4N)n2)cc1. The Morgan fingerprint density at radius 3 is 2.90 bits per heavy atom. The third kappa shape index (κ3) is 4.68. The smallest absolute Gasteiger partial charge is 0.257 e. The van der Waals surface area contributed by atoms with Crippen LogP contribution in [0.15, 0.2) is 47.0 Å². The molecule has 0 aliphatic heterocycles. The van der Waals surface area contributed by atoms with Gasteiger partial charge in [-0.15, -0.1) is 0 Å². The van der Waals surface area contributed by atoms with Crippen molar-refractivity contribution < 1.29 is 14.1 Å². The lowest BCUT2D eigenvalue weighted by atomic mass is 9.87. The van der Waals surface area contributed by atoms with Gasteiger partial charge in [0, 0.05) is 18.2 Å². The number of carbonyl (C=O) groups is 1. The van der Waals surface area contributed by atoms with Crippen LogP contribution in [-0.4, -0.2) is 29.7 Å². The summed E-state index contributed by atoms with van der Waals surface area (Å²) in [5.74, 6) is 1.49. The normalized spacial score (nSPS) is 15.5. The second-order valence-electron chi connectivity index (χ2n) is 7.55. The van der Waals surface area contributed by atoms with Crippen molar-refractivity contribution in [1.29, 1.82) is 0 Å². The summed E-state index contributed by atoms with van der Waals surface area (Å²) in [7, 11) is 1.64. The Labute approximate surface area is 175 Å². The van der Waals surface area contributed by atoms with E-state index >= 15 is 0 Å². The van der Waals surface area contributed by atoms with Crippen molar-refractivity contribution in [2.75, 3.05) is 13.7 Å². The third-order valence-corrected chi connectivity index (χ3v) is 5.43. The fourth-order valence-electron chi connectivity index (χ4n) is 3.77. The Hall–Kier alpha value is -3.19. The van der Waals surface area contributed by atoms with Gasteiger partial charge in [0.15, 0.2) is 5.82 Å². The number of hydrogen-bond acceptors (Lipinski definition) is 6. The fraction of sp³-hybridized carbons (Fsp3) is 0.348. The zero-order chi connectivity index (χ0) is 20.9. The van der Waals surface area contributed by atoms with E-state index in [1.165, 1.54) is 11.1 Å². The molecule has 1 aliphatic carbocycles. The molecule has 3 N–H and O–H groups in total. The second kappa shape index (κ2) is 9.09. The van der Waals surface area contributed by atoms with Crippen molar-refractivity contribution in [1.82, 2.24) is 15.5 Å². The predicted molar refractivity (Wildman–Crippen MR) is 113 cm³/mol. The molecule has 156 valence electrons. The lowest BCUT2D eigenvalue weighted by molar-refractivity contribution is -0.120. The highest BCUT2D eigenvalue weighted by molar-refractivity contribution is 5.77. The van der Waals surface area contributed by atoms with Crippen molar-refractivity contribution in [3.05, 3.63) is 65.0 Å². The summed E-state index contributed by atoms with van der Waals surface area (Å²) in [4.78, 5) is 16.6. The monoisotopic (exact) mass is 406 g/mol. The molecule has 0 bridgehead atoms. The van der Waals surface area contributed by atoms with Gasteiger partial charge in [-0.25, -0.2) is 0 Å². The molecule has 2 aromatic carbocycles. The van der Waals surface area contributed by atoms with Gasteiger partial charge in [0.1, 0.15) is 5.75 Å². The zero-order valence-electron chi connectivity index (χ0n) is 17.1. The number of amides is 1. The lowest BCUT2D eigenvalue weighted by Gasteiger charge is -2.22. The van der Waals surface area contributed by atoms with Crippen LogP contribution in [0, 0.1) is 0 Å². The van der Waals surface area contributed by atoms with Crippen LogP contribution < -0.4 is 15.8 Å². The van der Waals surface area contributed by atoms with Crippen molar-refractivity contribution in [2.24, 2.45) is 5.73 Å². The van der Waals surface area contributed by atoms with Gasteiger partial charge in [0.2, 0.25) is 5.91 Å². The minimum Gasteiger partial charge on any atom is -0.497 e. The van der Waals surface area contributed by atoms with Crippen LogP contribution in [0.3, 0.4) is 0 Å². The summed E-state index contributed by atoms with van der Waals surface area (Å²) >= 11 is 0. The first-order chi connectivity index (χ1) is 14.6. The molecule has 1 aromatic heterocycles. The molecule has 7 heteroatoms. The topological polar surface area (TPSA) is 103 Å². The van der Waals surface area contributed by atoms with E-state index in [0.29, 0.717) is 18.3 Å². The average molecular weight is 406 g/mol. The molecule has 1 heterocycles. The molecule has 30 heavy (non-hydrogen) atoms. The Balaban J connectivity index is 1.31. The Morgan fingerprint density at radius 2 is 2.10 bits per heavy atom. The molecule has 0 saturated heterocycles. The first kappa shape index (κ1) is 20.1. The maximum Gasteiger partial charge on any atom is 0.257 e. The van der Waals surface area contributed by atoms with E-state index in [2.05, 4.69) is 21.5 Å². The number of nitrogens with one attached hydrogen (secondary N) is 1. The van der Waals surface area contributed by atoms with Gasteiger partial charge >= 0.3 is 0 Å². The van der Waals surface area contributed by atoms with E-state index in [1.54, 1.807) is 7.11 Å². The largest absolute Gasteiger partial charge is 0.497 e. The quantitative estimate of drug-likeness (QED) is 0.625. The maximum absolute atomic E-state index is 12.2. The van der Waals surface area contributed by atoms with Crippen molar-refractivity contribution in [2.45, 2.75) is 38.1 Å². The Kier molecular flexibility index (Phi) is 6.09. The summed E-state index contributed by atoms with van der Waals surface area (Å²) in [6.07, 6.45) is 3.94. The molecule has 1 atom stereocenters. The second-order valence-corrected chi connectivity index (χ2v) is 7.55. The molecular formula is C23H26N4O3. The number of hydrogen-bond donors (Lipinski definition) is 2. The molecular weight excluding hydrogens is 380 g/mol. The van der Waals surface area contributed by atoms with E-state index in [0.717, 1.165) is 42.6 Å². The minimum atomic E-state index is -0.132. The van der Waals surface area contributed by atoms with E-state index in [9.17, 15) is 4.79 Å². The molecule has 3 aromatic rings. The molecule has 0 radical (unpaired) electrons. The summed E-state index contributed by atoms with van der Waals surface area (Å²) in [6.45, 7) is 0.543. The van der Waals surface area contributed by atoms with Crippen LogP contribution in [-0.2, 0) is 24.1 Å². The lowest BCUT2D eigenvalue weighted by Crippen LogP contribution is -2.27. The molecule has 1 amide bonds. The van der Waals surface area contributed by atoms with Crippen LogP contribution in [0.5, 0.6) is 5.75 Å². The number of aryl methyl sites for hydroxylation is 1.